The molecule has 0 radical (unpaired) electrons. The third-order valence-electron chi connectivity index (χ3n) is 2.52. The number of nitrogens with two attached hydrogens (primary N) is 1. The van der Waals surface area contributed by atoms with Gasteiger partial charge in [0.1, 0.15) is 17.8 Å². The van der Waals surface area contributed by atoms with E-state index < -0.39 is 0 Å². The summed E-state index contributed by atoms with van der Waals surface area (Å²) in [6.07, 6.45) is 1.35. The zero-order valence-electron chi connectivity index (χ0n) is 9.77. The second kappa shape index (κ2) is 5.18. The molecule has 0 atom stereocenters. The van der Waals surface area contributed by atoms with Gasteiger partial charge in [-0.2, -0.15) is 0 Å². The number of nitrogens with zero attached hydrogens (tertiary/aromatic N) is 3. The van der Waals surface area contributed by atoms with Gasteiger partial charge >= 0.3 is 0 Å². The average molecular weight is 267 g/mol. The molecule has 0 spiro atoms. The van der Waals surface area contributed by atoms with E-state index in [0.29, 0.717) is 18.1 Å². The number of halogens is 2. The second-order valence-electron chi connectivity index (χ2n) is 3.62. The largest absolute Gasteiger partial charge is 0.393 e. The highest BCUT2D eigenvalue weighted by Crippen LogP contribution is 2.31. The monoisotopic (exact) mass is 266 g/mol. The molecule has 0 saturated carbocycles. The first-order valence-electron chi connectivity index (χ1n) is 5.42. The van der Waals surface area contributed by atoms with Crippen LogP contribution in [0.1, 0.15) is 6.92 Å². The van der Waals surface area contributed by atoms with Crippen molar-refractivity contribution in [1.82, 2.24) is 9.97 Å². The summed E-state index contributed by atoms with van der Waals surface area (Å²) in [6.45, 7) is 2.57. The molecule has 2 N–H and O–H groups in total. The lowest BCUT2D eigenvalue weighted by Crippen LogP contribution is -2.19. The van der Waals surface area contributed by atoms with Gasteiger partial charge < -0.3 is 10.6 Å². The van der Waals surface area contributed by atoms with E-state index in [1.165, 1.54) is 18.5 Å². The fourth-order valence-electron chi connectivity index (χ4n) is 1.66. The van der Waals surface area contributed by atoms with E-state index in [2.05, 4.69) is 9.97 Å². The fourth-order valence-corrected chi connectivity index (χ4v) is 1.78. The van der Waals surface area contributed by atoms with Crippen LogP contribution in [0.4, 0.5) is 21.6 Å². The van der Waals surface area contributed by atoms with Gasteiger partial charge in [0.05, 0.1) is 0 Å². The maximum Gasteiger partial charge on any atom is 0.161 e. The van der Waals surface area contributed by atoms with Gasteiger partial charge in [-0.1, -0.05) is 11.6 Å². The molecule has 94 valence electrons. The van der Waals surface area contributed by atoms with Crippen molar-refractivity contribution in [2.24, 2.45) is 0 Å². The van der Waals surface area contributed by atoms with Crippen LogP contribution in [0.2, 0.25) is 5.15 Å². The van der Waals surface area contributed by atoms with Crippen LogP contribution in [-0.2, 0) is 0 Å². The molecule has 6 heteroatoms. The Hall–Kier alpha value is -1.88. The third kappa shape index (κ3) is 2.36. The van der Waals surface area contributed by atoms with E-state index in [1.807, 2.05) is 11.8 Å². The van der Waals surface area contributed by atoms with Crippen LogP contribution in [0, 0.1) is 5.82 Å². The molecule has 4 nitrogen and oxygen atoms in total. The molecule has 0 unspecified atom stereocenters. The minimum Gasteiger partial charge on any atom is -0.393 e. The molecule has 2 rings (SSSR count). The molecule has 0 aliphatic carbocycles. The van der Waals surface area contributed by atoms with Gasteiger partial charge in [-0.15, -0.1) is 0 Å². The molecular formula is C12H12ClFN4. The molecule has 1 aromatic carbocycles. The predicted molar refractivity (Wildman–Crippen MR) is 70.5 cm³/mol. The van der Waals surface area contributed by atoms with Gasteiger partial charge in [0.25, 0.3) is 0 Å². The molecule has 0 saturated heterocycles. The van der Waals surface area contributed by atoms with Crippen molar-refractivity contribution in [2.75, 3.05) is 17.2 Å². The number of aromatic nitrogens is 2. The van der Waals surface area contributed by atoms with E-state index in [4.69, 9.17) is 17.3 Å². The van der Waals surface area contributed by atoms with Crippen molar-refractivity contribution in [1.29, 1.82) is 0 Å². The number of rotatable bonds is 3. The van der Waals surface area contributed by atoms with E-state index in [9.17, 15) is 4.39 Å². The van der Waals surface area contributed by atoms with Crippen molar-refractivity contribution in [3.63, 3.8) is 0 Å². The van der Waals surface area contributed by atoms with Crippen LogP contribution in [0.15, 0.2) is 30.6 Å². The zero-order chi connectivity index (χ0) is 13.1. The van der Waals surface area contributed by atoms with E-state index in [0.717, 1.165) is 5.69 Å². The smallest absolute Gasteiger partial charge is 0.161 e. The number of hydrogen-bond acceptors (Lipinski definition) is 4. The van der Waals surface area contributed by atoms with Gasteiger partial charge in [-0.3, -0.25) is 0 Å². The molecule has 2 aromatic rings. The zero-order valence-corrected chi connectivity index (χ0v) is 10.5. The van der Waals surface area contributed by atoms with E-state index >= 15 is 0 Å². The first-order chi connectivity index (χ1) is 8.63. The van der Waals surface area contributed by atoms with Crippen molar-refractivity contribution in [3.8, 4) is 0 Å². The Morgan fingerprint density at radius 3 is 2.56 bits per heavy atom. The maximum absolute atomic E-state index is 12.9. The SMILES string of the molecule is CCN(c1ccc(F)cc1)c1ncnc(Cl)c1N. The topological polar surface area (TPSA) is 55.0 Å². The lowest BCUT2D eigenvalue weighted by atomic mass is 10.2. The lowest BCUT2D eigenvalue weighted by Gasteiger charge is -2.23. The van der Waals surface area contributed by atoms with Crippen LogP contribution in [-0.4, -0.2) is 16.5 Å². The molecule has 1 heterocycles. The Labute approximate surface area is 109 Å². The van der Waals surface area contributed by atoms with Crippen molar-refractivity contribution in [2.45, 2.75) is 6.92 Å². The van der Waals surface area contributed by atoms with Gasteiger partial charge in [0.2, 0.25) is 0 Å². The Morgan fingerprint density at radius 1 is 1.28 bits per heavy atom. The standard InChI is InChI=1S/C12H12ClFN4/c1-2-18(9-5-3-8(14)4-6-9)12-10(15)11(13)16-7-17-12/h3-7H,2,15H2,1H3. The normalized spacial score (nSPS) is 10.4. The molecule has 0 aliphatic rings. The summed E-state index contributed by atoms with van der Waals surface area (Å²) in [5.74, 6) is 0.229. The minimum atomic E-state index is -0.288. The Morgan fingerprint density at radius 2 is 1.94 bits per heavy atom. The van der Waals surface area contributed by atoms with Gasteiger partial charge in [0.15, 0.2) is 11.0 Å². The molecule has 18 heavy (non-hydrogen) atoms. The summed E-state index contributed by atoms with van der Waals surface area (Å²) < 4.78 is 12.9. The van der Waals surface area contributed by atoms with Crippen LogP contribution >= 0.6 is 11.6 Å². The minimum absolute atomic E-state index is 0.209. The summed E-state index contributed by atoms with van der Waals surface area (Å²) in [6, 6.07) is 6.09. The fraction of sp³-hybridized carbons (Fsp3) is 0.167. The van der Waals surface area contributed by atoms with Gasteiger partial charge in [-0.25, -0.2) is 14.4 Å². The molecule has 0 fully saturated rings. The first-order valence-corrected chi connectivity index (χ1v) is 5.80. The summed E-state index contributed by atoms with van der Waals surface area (Å²) in [5, 5.41) is 0.209. The highest BCUT2D eigenvalue weighted by molar-refractivity contribution is 6.32. The number of hydrogen-bond donors (Lipinski definition) is 1. The summed E-state index contributed by atoms with van der Waals surface area (Å²) in [4.78, 5) is 9.76. The predicted octanol–water partition coefficient (Wildman–Crippen LogP) is 3.01. The highest BCUT2D eigenvalue weighted by atomic mass is 35.5. The van der Waals surface area contributed by atoms with Crippen LogP contribution in [0.25, 0.3) is 0 Å². The van der Waals surface area contributed by atoms with Gasteiger partial charge in [0, 0.05) is 12.2 Å². The average Bonchev–Trinajstić information content (AvgIpc) is 2.37. The Bertz CT molecular complexity index is 544. The summed E-state index contributed by atoms with van der Waals surface area (Å²) >= 11 is 5.86. The van der Waals surface area contributed by atoms with E-state index in [1.54, 1.807) is 12.1 Å². The number of nitrogen functional groups attached to an aromatic ring is 1. The number of anilines is 3. The summed E-state index contributed by atoms with van der Waals surface area (Å²) in [5.41, 5.74) is 6.96. The molecule has 0 aliphatic heterocycles. The van der Waals surface area contributed by atoms with Crippen molar-refractivity contribution in [3.05, 3.63) is 41.6 Å². The lowest BCUT2D eigenvalue weighted by molar-refractivity contribution is 0.628. The quantitative estimate of drug-likeness (QED) is 0.868. The third-order valence-corrected chi connectivity index (χ3v) is 2.83. The highest BCUT2D eigenvalue weighted by Gasteiger charge is 2.14. The van der Waals surface area contributed by atoms with Crippen LogP contribution in [0.3, 0.4) is 0 Å². The Balaban J connectivity index is 2.45. The van der Waals surface area contributed by atoms with Crippen LogP contribution in [0.5, 0.6) is 0 Å². The second-order valence-corrected chi connectivity index (χ2v) is 3.98. The van der Waals surface area contributed by atoms with Crippen LogP contribution < -0.4 is 10.6 Å². The molecular weight excluding hydrogens is 255 g/mol. The molecule has 1 aromatic heterocycles. The Kier molecular flexibility index (Phi) is 3.62. The summed E-state index contributed by atoms with van der Waals surface area (Å²) in [7, 11) is 0. The molecule has 0 amide bonds. The number of benzene rings is 1. The van der Waals surface area contributed by atoms with Gasteiger partial charge in [-0.05, 0) is 31.2 Å². The first kappa shape index (κ1) is 12.6. The van der Waals surface area contributed by atoms with Crippen molar-refractivity contribution < 1.29 is 4.39 Å². The van der Waals surface area contributed by atoms with Crippen molar-refractivity contribution >= 4 is 28.8 Å². The maximum atomic E-state index is 12.9. The molecule has 0 bridgehead atoms. The van der Waals surface area contributed by atoms with E-state index in [-0.39, 0.29) is 11.0 Å².